The van der Waals surface area contributed by atoms with Crippen LogP contribution in [0.1, 0.15) is 12.5 Å². The summed E-state index contributed by atoms with van der Waals surface area (Å²) in [6.07, 6.45) is 0.764. The maximum Gasteiger partial charge on any atom is 0.298 e. The molecule has 1 aliphatic heterocycles. The van der Waals surface area contributed by atoms with E-state index in [1.54, 1.807) is 0 Å². The van der Waals surface area contributed by atoms with E-state index < -0.39 is 17.4 Å². The van der Waals surface area contributed by atoms with Gasteiger partial charge in [-0.25, -0.2) is 0 Å². The Balaban J connectivity index is 2.28. The van der Waals surface area contributed by atoms with Crippen LogP contribution in [0.25, 0.3) is 0 Å². The van der Waals surface area contributed by atoms with Gasteiger partial charge in [-0.2, -0.15) is 0 Å². The van der Waals surface area contributed by atoms with Crippen LogP contribution in [-0.2, 0) is 11.2 Å². The lowest BCUT2D eigenvalue weighted by Crippen LogP contribution is -2.39. The molecule has 0 spiro atoms. The summed E-state index contributed by atoms with van der Waals surface area (Å²) in [5, 5.41) is 10.3. The monoisotopic (exact) mass is 220 g/mol. The van der Waals surface area contributed by atoms with Crippen molar-refractivity contribution in [3.8, 4) is 0 Å². The van der Waals surface area contributed by atoms with Crippen molar-refractivity contribution >= 4 is 11.6 Å². The minimum Gasteiger partial charge on any atom is -0.303 e. The van der Waals surface area contributed by atoms with E-state index in [2.05, 4.69) is 0 Å². The molecular weight excluding hydrogens is 208 g/mol. The Labute approximate surface area is 92.8 Å². The molecule has 5 nitrogen and oxygen atoms in total. The van der Waals surface area contributed by atoms with Crippen LogP contribution in [0, 0.1) is 10.1 Å². The van der Waals surface area contributed by atoms with E-state index in [9.17, 15) is 14.9 Å². The molecule has 1 unspecified atom stereocenters. The van der Waals surface area contributed by atoms with E-state index in [0.717, 1.165) is 17.7 Å². The lowest BCUT2D eigenvalue weighted by molar-refractivity contribution is -0.467. The van der Waals surface area contributed by atoms with Gasteiger partial charge in [-0.15, -0.1) is 0 Å². The molecule has 1 heterocycles. The molecule has 0 aromatic heterocycles. The van der Waals surface area contributed by atoms with Crippen molar-refractivity contribution in [1.29, 1.82) is 0 Å². The first-order valence-corrected chi connectivity index (χ1v) is 5.11. The third-order valence-corrected chi connectivity index (χ3v) is 2.74. The number of carbonyl (C=O) groups excluding carboxylic acids is 1. The lowest BCUT2D eigenvalue weighted by Gasteiger charge is -2.20. The van der Waals surface area contributed by atoms with Crippen molar-refractivity contribution < 1.29 is 9.72 Å². The molecule has 0 radical (unpaired) electrons. The number of amides is 1. The van der Waals surface area contributed by atoms with Crippen LogP contribution in [0.4, 0.5) is 5.69 Å². The van der Waals surface area contributed by atoms with Gasteiger partial charge >= 0.3 is 0 Å². The Morgan fingerprint density at radius 2 is 2.25 bits per heavy atom. The van der Waals surface area contributed by atoms with Crippen LogP contribution in [0.15, 0.2) is 24.3 Å². The fraction of sp³-hybridized carbons (Fsp3) is 0.364. The third-order valence-electron chi connectivity index (χ3n) is 2.74. The van der Waals surface area contributed by atoms with Crippen LogP contribution in [-0.4, -0.2) is 23.4 Å². The molecule has 0 bridgehead atoms. The SMILES string of the molecule is CC1Cc2ccccc2N1C(=O)C[N+](=O)[O-]. The fourth-order valence-electron chi connectivity index (χ4n) is 2.13. The average molecular weight is 220 g/mol. The molecule has 1 amide bonds. The molecule has 1 aliphatic rings. The summed E-state index contributed by atoms with van der Waals surface area (Å²) in [5.74, 6) is -0.442. The van der Waals surface area contributed by atoms with Crippen LogP contribution in [0.5, 0.6) is 0 Å². The van der Waals surface area contributed by atoms with Gasteiger partial charge in [0.05, 0.1) is 0 Å². The lowest BCUT2D eigenvalue weighted by atomic mass is 10.1. The standard InChI is InChI=1S/C11H12N2O3/c1-8-6-9-4-2-3-5-10(9)13(8)11(14)7-12(15)16/h2-5,8H,6-7H2,1H3. The van der Waals surface area contributed by atoms with Crippen LogP contribution in [0.2, 0.25) is 0 Å². The Morgan fingerprint density at radius 3 is 2.94 bits per heavy atom. The highest BCUT2D eigenvalue weighted by atomic mass is 16.6. The molecule has 0 aliphatic carbocycles. The summed E-state index contributed by atoms with van der Waals surface area (Å²) in [6.45, 7) is 1.26. The number of hydrogen-bond acceptors (Lipinski definition) is 3. The molecule has 16 heavy (non-hydrogen) atoms. The zero-order chi connectivity index (χ0) is 11.7. The second-order valence-corrected chi connectivity index (χ2v) is 3.94. The van der Waals surface area contributed by atoms with Crippen molar-refractivity contribution in [2.75, 3.05) is 11.4 Å². The first-order chi connectivity index (χ1) is 7.59. The second kappa shape index (κ2) is 3.92. The molecule has 1 aromatic carbocycles. The van der Waals surface area contributed by atoms with Gasteiger partial charge in [-0.1, -0.05) is 18.2 Å². The summed E-state index contributed by atoms with van der Waals surface area (Å²) in [4.78, 5) is 23.0. The average Bonchev–Trinajstić information content (AvgIpc) is 2.52. The number of nitro groups is 1. The Morgan fingerprint density at radius 1 is 1.56 bits per heavy atom. The molecule has 5 heteroatoms. The van der Waals surface area contributed by atoms with Crippen molar-refractivity contribution in [2.24, 2.45) is 0 Å². The van der Waals surface area contributed by atoms with Crippen molar-refractivity contribution in [1.82, 2.24) is 0 Å². The van der Waals surface area contributed by atoms with Crippen LogP contribution < -0.4 is 4.90 Å². The highest BCUT2D eigenvalue weighted by Gasteiger charge is 2.32. The highest BCUT2D eigenvalue weighted by Crippen LogP contribution is 2.31. The number of fused-ring (bicyclic) bond motifs is 1. The second-order valence-electron chi connectivity index (χ2n) is 3.94. The summed E-state index contributed by atoms with van der Waals surface area (Å²) in [6, 6.07) is 7.53. The Kier molecular flexibility index (Phi) is 2.60. The van der Waals surface area contributed by atoms with Crippen LogP contribution in [0.3, 0.4) is 0 Å². The molecule has 0 saturated carbocycles. The van der Waals surface area contributed by atoms with Crippen molar-refractivity contribution in [2.45, 2.75) is 19.4 Å². The van der Waals surface area contributed by atoms with Gasteiger partial charge in [0.1, 0.15) is 0 Å². The van der Waals surface area contributed by atoms with E-state index in [4.69, 9.17) is 0 Å². The molecule has 0 fully saturated rings. The largest absolute Gasteiger partial charge is 0.303 e. The van der Waals surface area contributed by atoms with E-state index in [-0.39, 0.29) is 6.04 Å². The summed E-state index contributed by atoms with van der Waals surface area (Å²) < 4.78 is 0. The van der Waals surface area contributed by atoms with Crippen molar-refractivity contribution in [3.63, 3.8) is 0 Å². The third kappa shape index (κ3) is 1.76. The molecule has 1 atom stereocenters. The summed E-state index contributed by atoms with van der Waals surface area (Å²) in [5.41, 5.74) is 1.88. The Bertz CT molecular complexity index is 445. The minimum absolute atomic E-state index is 0.00449. The summed E-state index contributed by atoms with van der Waals surface area (Å²) >= 11 is 0. The van der Waals surface area contributed by atoms with Crippen molar-refractivity contribution in [3.05, 3.63) is 39.9 Å². The number of carbonyl (C=O) groups is 1. The number of benzene rings is 1. The predicted molar refractivity (Wildman–Crippen MR) is 59.0 cm³/mol. The van der Waals surface area contributed by atoms with E-state index in [1.807, 2.05) is 31.2 Å². The predicted octanol–water partition coefficient (Wildman–Crippen LogP) is 1.24. The maximum absolute atomic E-state index is 11.7. The number of rotatable bonds is 2. The maximum atomic E-state index is 11.7. The fourth-order valence-corrected chi connectivity index (χ4v) is 2.13. The van der Waals surface area contributed by atoms with Gasteiger partial charge in [0.15, 0.2) is 0 Å². The van der Waals surface area contributed by atoms with Gasteiger partial charge in [0, 0.05) is 16.7 Å². The molecule has 2 rings (SSSR count). The Hall–Kier alpha value is -1.91. The highest BCUT2D eigenvalue weighted by molar-refractivity contribution is 5.96. The van der Waals surface area contributed by atoms with Gasteiger partial charge in [-0.3, -0.25) is 14.9 Å². The zero-order valence-electron chi connectivity index (χ0n) is 8.92. The first-order valence-electron chi connectivity index (χ1n) is 5.11. The topological polar surface area (TPSA) is 63.5 Å². The molecule has 0 saturated heterocycles. The van der Waals surface area contributed by atoms with Gasteiger partial charge in [-0.05, 0) is 25.0 Å². The number of hydrogen-bond donors (Lipinski definition) is 0. The van der Waals surface area contributed by atoms with E-state index in [1.165, 1.54) is 4.90 Å². The van der Waals surface area contributed by atoms with Gasteiger partial charge in [0.25, 0.3) is 12.5 Å². The number of nitrogens with zero attached hydrogens (tertiary/aromatic N) is 2. The van der Waals surface area contributed by atoms with E-state index in [0.29, 0.717) is 0 Å². The first kappa shape index (κ1) is 10.6. The quantitative estimate of drug-likeness (QED) is 0.556. The molecule has 1 aromatic rings. The van der Waals surface area contributed by atoms with Crippen LogP contribution >= 0.6 is 0 Å². The molecule has 84 valence electrons. The normalized spacial score (nSPS) is 18.3. The van der Waals surface area contributed by atoms with E-state index >= 15 is 0 Å². The molecular formula is C11H12N2O3. The molecule has 0 N–H and O–H groups in total. The zero-order valence-corrected chi connectivity index (χ0v) is 8.92. The number of anilines is 1. The van der Waals surface area contributed by atoms with Gasteiger partial charge < -0.3 is 4.90 Å². The summed E-state index contributed by atoms with van der Waals surface area (Å²) in [7, 11) is 0. The number of para-hydroxylation sites is 1. The minimum atomic E-state index is -0.640. The van der Waals surface area contributed by atoms with Gasteiger partial charge in [0.2, 0.25) is 0 Å². The smallest absolute Gasteiger partial charge is 0.298 e.